The highest BCUT2D eigenvalue weighted by atomic mass is 127. The van der Waals surface area contributed by atoms with Gasteiger partial charge in [-0.15, -0.1) is 0 Å². The highest BCUT2D eigenvalue weighted by Crippen LogP contribution is 1.92. The van der Waals surface area contributed by atoms with E-state index in [-0.39, 0.29) is 0 Å². The normalized spacial score (nSPS) is 9.00. The fourth-order valence-corrected chi connectivity index (χ4v) is 0.850. The second-order valence-electron chi connectivity index (χ2n) is 0.571. The molecule has 0 heterocycles. The molecular formula is C2H5INP. The SMILES string of the molecule is N=PCCI. The van der Waals surface area contributed by atoms with Crippen LogP contribution >= 0.6 is 31.0 Å². The molecule has 30 valence electrons. The predicted molar refractivity (Wildman–Crippen MR) is 33.4 cm³/mol. The molecule has 0 aromatic carbocycles. The van der Waals surface area contributed by atoms with E-state index in [1.165, 1.54) is 0 Å². The van der Waals surface area contributed by atoms with Crippen molar-refractivity contribution in [3.8, 4) is 0 Å². The van der Waals surface area contributed by atoms with Crippen molar-refractivity contribution >= 4 is 31.0 Å². The summed E-state index contributed by atoms with van der Waals surface area (Å²) in [5, 5.41) is 6.57. The predicted octanol–water partition coefficient (Wildman–Crippen LogP) is 2.13. The van der Waals surface area contributed by atoms with Gasteiger partial charge in [0.05, 0.1) is 0 Å². The van der Waals surface area contributed by atoms with Gasteiger partial charge < -0.3 is 0 Å². The third-order valence-corrected chi connectivity index (χ3v) is 2.04. The molecule has 0 atom stereocenters. The molecule has 0 unspecified atom stereocenters. The molecule has 0 saturated heterocycles. The molecule has 0 aromatic rings. The largest absolute Gasteiger partial charge is 0.284 e. The first kappa shape index (κ1) is 5.83. The van der Waals surface area contributed by atoms with Crippen LogP contribution in [0.25, 0.3) is 0 Å². The minimum atomic E-state index is 0.772. The number of nitrogens with one attached hydrogen (secondary N) is 1. The van der Waals surface area contributed by atoms with Crippen LogP contribution in [0.1, 0.15) is 0 Å². The maximum Gasteiger partial charge on any atom is 0.0156 e. The van der Waals surface area contributed by atoms with Crippen molar-refractivity contribution in [3.63, 3.8) is 0 Å². The zero-order valence-electron chi connectivity index (χ0n) is 2.74. The maximum absolute atomic E-state index is 6.57. The molecule has 0 amide bonds. The van der Waals surface area contributed by atoms with E-state index in [4.69, 9.17) is 5.16 Å². The number of halogens is 1. The lowest BCUT2D eigenvalue weighted by molar-refractivity contribution is 1.54. The summed E-state index contributed by atoms with van der Waals surface area (Å²) in [5.41, 5.74) is 0. The zero-order chi connectivity index (χ0) is 4.12. The highest BCUT2D eigenvalue weighted by molar-refractivity contribution is 14.1. The van der Waals surface area contributed by atoms with E-state index in [0.29, 0.717) is 0 Å². The molecule has 0 bridgehead atoms. The van der Waals surface area contributed by atoms with Crippen LogP contribution in [0.15, 0.2) is 0 Å². The minimum Gasteiger partial charge on any atom is -0.284 e. The van der Waals surface area contributed by atoms with Crippen LogP contribution in [-0.4, -0.2) is 10.6 Å². The summed E-state index contributed by atoms with van der Waals surface area (Å²) in [6.45, 7) is 0. The minimum absolute atomic E-state index is 0.772. The molecule has 0 radical (unpaired) electrons. The summed E-state index contributed by atoms with van der Waals surface area (Å²) in [6.07, 6.45) is 1.01. The summed E-state index contributed by atoms with van der Waals surface area (Å²) in [5.74, 6) is 0. The van der Waals surface area contributed by atoms with Crippen LogP contribution in [0.5, 0.6) is 0 Å². The molecule has 0 aliphatic heterocycles. The Bertz CT molecular complexity index is 30.8. The first-order chi connectivity index (χ1) is 2.41. The van der Waals surface area contributed by atoms with Crippen LogP contribution < -0.4 is 0 Å². The molecule has 0 rings (SSSR count). The number of hydrogen-bond acceptors (Lipinski definition) is 1. The van der Waals surface area contributed by atoms with Gasteiger partial charge >= 0.3 is 0 Å². The van der Waals surface area contributed by atoms with E-state index in [0.717, 1.165) is 19.0 Å². The summed E-state index contributed by atoms with van der Waals surface area (Å²) in [4.78, 5) is 0. The quantitative estimate of drug-likeness (QED) is 0.402. The second-order valence-corrected chi connectivity index (χ2v) is 2.41. The maximum atomic E-state index is 6.57. The fraction of sp³-hybridized carbons (Fsp3) is 1.00. The molecule has 0 aromatic heterocycles. The molecule has 0 saturated carbocycles. The van der Waals surface area contributed by atoms with Gasteiger partial charge in [-0.3, -0.25) is 5.16 Å². The molecule has 1 N–H and O–H groups in total. The number of hydrogen-bond donors (Lipinski definition) is 1. The average Bonchev–Trinajstić information content (AvgIpc) is 1.41. The van der Waals surface area contributed by atoms with Crippen molar-refractivity contribution < 1.29 is 0 Å². The van der Waals surface area contributed by atoms with Crippen LogP contribution in [0.2, 0.25) is 0 Å². The highest BCUT2D eigenvalue weighted by Gasteiger charge is 1.66. The molecule has 0 aliphatic rings. The Morgan fingerprint density at radius 1 is 1.80 bits per heavy atom. The van der Waals surface area contributed by atoms with Gasteiger partial charge in [0.25, 0.3) is 0 Å². The molecule has 0 spiro atoms. The lowest BCUT2D eigenvalue weighted by Crippen LogP contribution is -1.63. The van der Waals surface area contributed by atoms with Crippen molar-refractivity contribution in [1.29, 1.82) is 5.16 Å². The van der Waals surface area contributed by atoms with E-state index in [2.05, 4.69) is 22.6 Å². The lowest BCUT2D eigenvalue weighted by Gasteiger charge is -1.68. The smallest absolute Gasteiger partial charge is 0.0156 e. The average molecular weight is 201 g/mol. The van der Waals surface area contributed by atoms with Crippen LogP contribution in [0.4, 0.5) is 0 Å². The molecule has 5 heavy (non-hydrogen) atoms. The standard InChI is InChI=1S/C2H5INP/c3-1-2-5-4/h4H,1-2H2. The first-order valence-corrected chi connectivity index (χ1v) is 3.91. The van der Waals surface area contributed by atoms with Gasteiger partial charge in [0.1, 0.15) is 0 Å². The Kier molecular flexibility index (Phi) is 5.63. The van der Waals surface area contributed by atoms with Gasteiger partial charge in [-0.2, -0.15) is 0 Å². The summed E-state index contributed by atoms with van der Waals surface area (Å²) < 4.78 is 1.11. The molecule has 3 heteroatoms. The van der Waals surface area contributed by atoms with Crippen molar-refractivity contribution in [3.05, 3.63) is 0 Å². The number of alkyl halides is 1. The van der Waals surface area contributed by atoms with E-state index < -0.39 is 0 Å². The third kappa shape index (κ3) is 4.83. The first-order valence-electron chi connectivity index (χ1n) is 1.31. The van der Waals surface area contributed by atoms with Gasteiger partial charge in [-0.1, -0.05) is 22.6 Å². The number of rotatable bonds is 2. The molecule has 1 nitrogen and oxygen atoms in total. The molecule has 0 aliphatic carbocycles. The Morgan fingerprint density at radius 3 is 2.40 bits per heavy atom. The van der Waals surface area contributed by atoms with Gasteiger partial charge in [0.15, 0.2) is 0 Å². The fourth-order valence-electron chi connectivity index (χ4n) is 0.0423. The molecular weight excluding hydrogens is 196 g/mol. The van der Waals surface area contributed by atoms with Gasteiger partial charge in [0.2, 0.25) is 0 Å². The lowest BCUT2D eigenvalue weighted by atomic mass is 11.0. The zero-order valence-corrected chi connectivity index (χ0v) is 5.79. The van der Waals surface area contributed by atoms with E-state index in [1.807, 2.05) is 0 Å². The van der Waals surface area contributed by atoms with Crippen LogP contribution in [0.3, 0.4) is 0 Å². The third-order valence-electron chi connectivity index (χ3n) is 0.196. The van der Waals surface area contributed by atoms with Crippen molar-refractivity contribution in [2.45, 2.75) is 0 Å². The molecule has 0 fully saturated rings. The van der Waals surface area contributed by atoms with E-state index in [9.17, 15) is 0 Å². The topological polar surface area (TPSA) is 23.9 Å². The summed E-state index contributed by atoms with van der Waals surface area (Å²) in [7, 11) is 0.772. The Labute approximate surface area is 47.0 Å². The Balaban J connectivity index is 2.40. The van der Waals surface area contributed by atoms with Crippen molar-refractivity contribution in [2.24, 2.45) is 0 Å². The Morgan fingerprint density at radius 2 is 2.40 bits per heavy atom. The van der Waals surface area contributed by atoms with Gasteiger partial charge in [-0.25, -0.2) is 0 Å². The monoisotopic (exact) mass is 201 g/mol. The van der Waals surface area contributed by atoms with E-state index in [1.54, 1.807) is 0 Å². The van der Waals surface area contributed by atoms with Crippen molar-refractivity contribution in [2.75, 3.05) is 10.6 Å². The van der Waals surface area contributed by atoms with Crippen molar-refractivity contribution in [1.82, 2.24) is 0 Å². The van der Waals surface area contributed by atoms with Gasteiger partial charge in [0, 0.05) is 10.6 Å². The Hall–Kier alpha value is 0.830. The van der Waals surface area contributed by atoms with Crippen LogP contribution in [0, 0.1) is 5.16 Å². The summed E-state index contributed by atoms with van der Waals surface area (Å²) >= 11 is 2.26. The summed E-state index contributed by atoms with van der Waals surface area (Å²) in [6, 6.07) is 0. The van der Waals surface area contributed by atoms with Crippen LogP contribution in [-0.2, 0) is 0 Å². The van der Waals surface area contributed by atoms with Gasteiger partial charge in [-0.05, 0) is 8.37 Å². The second kappa shape index (κ2) is 4.83. The van der Waals surface area contributed by atoms with E-state index >= 15 is 0 Å².